The summed E-state index contributed by atoms with van der Waals surface area (Å²) >= 11 is 0. The molecule has 0 aliphatic carbocycles. The van der Waals surface area contributed by atoms with Crippen molar-refractivity contribution in [3.8, 4) is 0 Å². The van der Waals surface area contributed by atoms with Gasteiger partial charge in [-0.05, 0) is 11.0 Å². The van der Waals surface area contributed by atoms with E-state index in [1.165, 1.54) is 0 Å². The van der Waals surface area contributed by atoms with E-state index in [4.69, 9.17) is 0 Å². The van der Waals surface area contributed by atoms with Crippen LogP contribution in [0.1, 0.15) is 32.4 Å². The van der Waals surface area contributed by atoms with E-state index in [0.717, 1.165) is 5.56 Å². The van der Waals surface area contributed by atoms with Gasteiger partial charge in [0.05, 0.1) is 12.6 Å². The number of benzene rings is 1. The summed E-state index contributed by atoms with van der Waals surface area (Å²) in [5.41, 5.74) is 1.11. The Morgan fingerprint density at radius 1 is 1.27 bits per heavy atom. The molecule has 0 radical (unpaired) electrons. The number of aliphatic hydroxyl groups is 1. The maximum atomic E-state index is 9.26. The minimum absolute atomic E-state index is 0.0522. The van der Waals surface area contributed by atoms with E-state index in [-0.39, 0.29) is 18.1 Å². The van der Waals surface area contributed by atoms with Gasteiger partial charge in [0.15, 0.2) is 0 Å². The molecule has 0 aliphatic rings. The minimum atomic E-state index is -0.134. The van der Waals surface area contributed by atoms with Crippen LogP contribution in [0, 0.1) is 5.41 Å². The number of hydrogen-bond acceptors (Lipinski definition) is 2. The van der Waals surface area contributed by atoms with E-state index in [1.807, 2.05) is 36.5 Å². The van der Waals surface area contributed by atoms with Crippen molar-refractivity contribution in [2.45, 2.75) is 26.8 Å². The van der Waals surface area contributed by atoms with E-state index in [0.29, 0.717) is 0 Å². The molecule has 0 aliphatic heterocycles. The Bertz CT molecular complexity index is 311. The summed E-state index contributed by atoms with van der Waals surface area (Å²) in [5, 5.41) is 9.26. The second-order valence-electron chi connectivity index (χ2n) is 4.75. The fraction of sp³-hybridized carbons (Fsp3) is 0.462. The van der Waals surface area contributed by atoms with Gasteiger partial charge in [-0.15, -0.1) is 0 Å². The summed E-state index contributed by atoms with van der Waals surface area (Å²) in [5.74, 6) is 0. The summed E-state index contributed by atoms with van der Waals surface area (Å²) in [4.78, 5) is 4.41. The van der Waals surface area contributed by atoms with Crippen molar-refractivity contribution in [1.82, 2.24) is 0 Å². The third kappa shape index (κ3) is 4.26. The second-order valence-corrected chi connectivity index (χ2v) is 4.75. The standard InChI is InChI=1S/C13H19NO/c1-13(2,3)10-14-12(9-15)11-7-5-4-6-8-11/h4-8,10,12,15H,9H2,1-3H3/t12-/m1/s1. The van der Waals surface area contributed by atoms with E-state index < -0.39 is 0 Å². The third-order valence-corrected chi connectivity index (χ3v) is 2.00. The van der Waals surface area contributed by atoms with E-state index in [9.17, 15) is 5.11 Å². The van der Waals surface area contributed by atoms with Gasteiger partial charge in [0.2, 0.25) is 0 Å². The van der Waals surface area contributed by atoms with Crippen LogP contribution in [0.25, 0.3) is 0 Å². The first-order chi connectivity index (χ1) is 7.03. The fourth-order valence-corrected chi connectivity index (χ4v) is 1.23. The molecular formula is C13H19NO. The largest absolute Gasteiger partial charge is 0.394 e. The molecule has 0 amide bonds. The lowest BCUT2D eigenvalue weighted by molar-refractivity contribution is 0.268. The van der Waals surface area contributed by atoms with Crippen LogP contribution in [-0.4, -0.2) is 17.9 Å². The number of rotatable bonds is 3. The Morgan fingerprint density at radius 3 is 2.33 bits per heavy atom. The molecule has 1 aromatic rings. The highest BCUT2D eigenvalue weighted by Gasteiger charge is 2.10. The molecule has 1 N–H and O–H groups in total. The molecule has 0 unspecified atom stereocenters. The lowest BCUT2D eigenvalue weighted by Crippen LogP contribution is -2.09. The predicted molar refractivity (Wildman–Crippen MR) is 64.2 cm³/mol. The SMILES string of the molecule is CC(C)(C)C=N[C@H](CO)c1ccccc1. The van der Waals surface area contributed by atoms with Crippen LogP contribution < -0.4 is 0 Å². The minimum Gasteiger partial charge on any atom is -0.394 e. The Morgan fingerprint density at radius 2 is 1.87 bits per heavy atom. The van der Waals surface area contributed by atoms with Crippen molar-refractivity contribution < 1.29 is 5.11 Å². The second kappa shape index (κ2) is 5.08. The van der Waals surface area contributed by atoms with Gasteiger partial charge in [-0.25, -0.2) is 0 Å². The van der Waals surface area contributed by atoms with Gasteiger partial charge >= 0.3 is 0 Å². The maximum absolute atomic E-state index is 9.26. The molecule has 0 bridgehead atoms. The van der Waals surface area contributed by atoms with Gasteiger partial charge in [-0.3, -0.25) is 4.99 Å². The molecule has 0 fully saturated rings. The summed E-state index contributed by atoms with van der Waals surface area (Å²) in [6, 6.07) is 9.73. The molecule has 15 heavy (non-hydrogen) atoms. The molecule has 0 aromatic heterocycles. The van der Waals surface area contributed by atoms with Crippen molar-refractivity contribution >= 4 is 6.21 Å². The number of hydrogen-bond donors (Lipinski definition) is 1. The first-order valence-electron chi connectivity index (χ1n) is 5.23. The molecule has 2 heteroatoms. The van der Waals surface area contributed by atoms with Crippen molar-refractivity contribution in [2.75, 3.05) is 6.61 Å². The van der Waals surface area contributed by atoms with E-state index in [2.05, 4.69) is 25.8 Å². The number of nitrogens with zero attached hydrogens (tertiary/aromatic N) is 1. The highest BCUT2D eigenvalue weighted by atomic mass is 16.3. The van der Waals surface area contributed by atoms with Crippen LogP contribution in [0.3, 0.4) is 0 Å². The van der Waals surface area contributed by atoms with Crippen LogP contribution in [0.4, 0.5) is 0 Å². The zero-order chi connectivity index (χ0) is 11.3. The normalized spacial score (nSPS) is 14.4. The van der Waals surface area contributed by atoms with Crippen molar-refractivity contribution in [3.05, 3.63) is 35.9 Å². The predicted octanol–water partition coefficient (Wildman–Crippen LogP) is 2.84. The van der Waals surface area contributed by atoms with Crippen molar-refractivity contribution in [1.29, 1.82) is 0 Å². The van der Waals surface area contributed by atoms with Gasteiger partial charge in [0.1, 0.15) is 0 Å². The maximum Gasteiger partial charge on any atom is 0.0976 e. The Hall–Kier alpha value is -1.15. The molecule has 0 spiro atoms. The molecule has 1 aromatic carbocycles. The lowest BCUT2D eigenvalue weighted by atomic mass is 9.98. The first kappa shape index (κ1) is 11.9. The lowest BCUT2D eigenvalue weighted by Gasteiger charge is -2.14. The highest BCUT2D eigenvalue weighted by Crippen LogP contribution is 2.18. The summed E-state index contributed by atoms with van der Waals surface area (Å²) in [6.07, 6.45) is 1.90. The Kier molecular flexibility index (Phi) is 4.04. The summed E-state index contributed by atoms with van der Waals surface area (Å²) in [7, 11) is 0. The summed E-state index contributed by atoms with van der Waals surface area (Å²) in [6.45, 7) is 6.33. The zero-order valence-electron chi connectivity index (χ0n) is 9.64. The van der Waals surface area contributed by atoms with Gasteiger partial charge in [0.25, 0.3) is 0 Å². The number of aliphatic imine (C=N–C) groups is 1. The number of aliphatic hydroxyl groups excluding tert-OH is 1. The Balaban J connectivity index is 2.78. The molecule has 82 valence electrons. The summed E-state index contributed by atoms with van der Waals surface area (Å²) < 4.78 is 0. The van der Waals surface area contributed by atoms with Crippen LogP contribution in [0.2, 0.25) is 0 Å². The molecule has 0 saturated carbocycles. The van der Waals surface area contributed by atoms with Crippen LogP contribution in [0.5, 0.6) is 0 Å². The highest BCUT2D eigenvalue weighted by molar-refractivity contribution is 5.64. The molecule has 1 atom stereocenters. The van der Waals surface area contributed by atoms with Crippen molar-refractivity contribution in [3.63, 3.8) is 0 Å². The van der Waals surface area contributed by atoms with Gasteiger partial charge in [-0.1, -0.05) is 51.1 Å². The first-order valence-corrected chi connectivity index (χ1v) is 5.23. The van der Waals surface area contributed by atoms with Crippen LogP contribution in [-0.2, 0) is 0 Å². The molecule has 0 saturated heterocycles. The third-order valence-electron chi connectivity index (χ3n) is 2.00. The molecule has 0 heterocycles. The topological polar surface area (TPSA) is 32.6 Å². The van der Waals surface area contributed by atoms with Gasteiger partial charge in [0, 0.05) is 6.21 Å². The smallest absolute Gasteiger partial charge is 0.0976 e. The molecule has 2 nitrogen and oxygen atoms in total. The Labute approximate surface area is 91.7 Å². The fourth-order valence-electron chi connectivity index (χ4n) is 1.23. The van der Waals surface area contributed by atoms with Crippen molar-refractivity contribution in [2.24, 2.45) is 10.4 Å². The van der Waals surface area contributed by atoms with Gasteiger partial charge in [-0.2, -0.15) is 0 Å². The van der Waals surface area contributed by atoms with E-state index in [1.54, 1.807) is 0 Å². The average Bonchev–Trinajstić information content (AvgIpc) is 2.19. The molecule has 1 rings (SSSR count). The van der Waals surface area contributed by atoms with Gasteiger partial charge < -0.3 is 5.11 Å². The van der Waals surface area contributed by atoms with Crippen LogP contribution >= 0.6 is 0 Å². The monoisotopic (exact) mass is 205 g/mol. The van der Waals surface area contributed by atoms with Crippen LogP contribution in [0.15, 0.2) is 35.3 Å². The van der Waals surface area contributed by atoms with E-state index >= 15 is 0 Å². The zero-order valence-corrected chi connectivity index (χ0v) is 9.64. The molecular weight excluding hydrogens is 186 g/mol. The quantitative estimate of drug-likeness (QED) is 0.756. The average molecular weight is 205 g/mol.